The highest BCUT2D eigenvalue weighted by Gasteiger charge is 2.34. The van der Waals surface area contributed by atoms with Gasteiger partial charge in [0.2, 0.25) is 11.8 Å². The summed E-state index contributed by atoms with van der Waals surface area (Å²) in [6.45, 7) is 7.97. The van der Waals surface area contributed by atoms with Crippen molar-refractivity contribution in [1.29, 1.82) is 0 Å². The van der Waals surface area contributed by atoms with E-state index in [4.69, 9.17) is 0 Å². The molecule has 7 nitrogen and oxygen atoms in total. The van der Waals surface area contributed by atoms with E-state index in [1.807, 2.05) is 87.5 Å². The lowest BCUT2D eigenvalue weighted by Gasteiger charge is -2.34. The Morgan fingerprint density at radius 3 is 2.00 bits per heavy atom. The van der Waals surface area contributed by atoms with E-state index in [2.05, 4.69) is 12.2 Å². The average molecular weight is 626 g/mol. The molecule has 4 aromatic carbocycles. The van der Waals surface area contributed by atoms with Crippen molar-refractivity contribution in [2.45, 2.75) is 64.4 Å². The van der Waals surface area contributed by atoms with Gasteiger partial charge in [-0.15, -0.1) is 0 Å². The van der Waals surface area contributed by atoms with Crippen molar-refractivity contribution in [3.63, 3.8) is 0 Å². The zero-order valence-electron chi connectivity index (χ0n) is 26.6. The van der Waals surface area contributed by atoms with Crippen molar-refractivity contribution in [1.82, 2.24) is 10.2 Å². The fourth-order valence-electron chi connectivity index (χ4n) is 5.09. The number of anilines is 1. The van der Waals surface area contributed by atoms with Gasteiger partial charge in [0.15, 0.2) is 0 Å². The van der Waals surface area contributed by atoms with Gasteiger partial charge < -0.3 is 10.2 Å². The van der Waals surface area contributed by atoms with Crippen LogP contribution < -0.4 is 9.62 Å². The van der Waals surface area contributed by atoms with E-state index in [9.17, 15) is 18.0 Å². The molecule has 45 heavy (non-hydrogen) atoms. The summed E-state index contributed by atoms with van der Waals surface area (Å²) in [5.74, 6) is -0.741. The van der Waals surface area contributed by atoms with Crippen LogP contribution in [0.1, 0.15) is 47.6 Å². The van der Waals surface area contributed by atoms with Gasteiger partial charge in [-0.1, -0.05) is 97.8 Å². The van der Waals surface area contributed by atoms with Gasteiger partial charge in [-0.25, -0.2) is 8.42 Å². The van der Waals surface area contributed by atoms with Crippen LogP contribution in [0, 0.1) is 20.8 Å². The molecule has 0 radical (unpaired) electrons. The minimum Gasteiger partial charge on any atom is -0.354 e. The van der Waals surface area contributed by atoms with Crippen molar-refractivity contribution in [3.05, 3.63) is 131 Å². The van der Waals surface area contributed by atoms with Gasteiger partial charge in [0.05, 0.1) is 10.6 Å². The fourth-order valence-corrected chi connectivity index (χ4v) is 6.49. The van der Waals surface area contributed by atoms with Crippen molar-refractivity contribution < 1.29 is 18.0 Å². The molecule has 0 saturated carbocycles. The SMILES string of the molecule is CCCCNC(=O)C(Cc1ccccc1)N(Cc1ccccc1)C(=O)CN(c1ccc(C)c(C)c1)S(=O)(=O)c1ccc(C)cc1. The predicted molar refractivity (Wildman–Crippen MR) is 180 cm³/mol. The number of unbranched alkanes of at least 4 members (excludes halogenated alkanes) is 1. The Balaban J connectivity index is 1.79. The van der Waals surface area contributed by atoms with E-state index in [0.29, 0.717) is 12.2 Å². The lowest BCUT2D eigenvalue weighted by molar-refractivity contribution is -0.140. The molecule has 4 rings (SSSR count). The molecule has 0 bridgehead atoms. The highest BCUT2D eigenvalue weighted by molar-refractivity contribution is 7.92. The lowest BCUT2D eigenvalue weighted by atomic mass is 10.0. The summed E-state index contributed by atoms with van der Waals surface area (Å²) < 4.78 is 29.6. The van der Waals surface area contributed by atoms with E-state index in [-0.39, 0.29) is 23.8 Å². The molecule has 0 aliphatic rings. The van der Waals surface area contributed by atoms with Crippen LogP contribution in [0.2, 0.25) is 0 Å². The van der Waals surface area contributed by atoms with Gasteiger partial charge in [-0.05, 0) is 73.7 Å². The topological polar surface area (TPSA) is 86.8 Å². The number of sulfonamides is 1. The molecule has 8 heteroatoms. The number of benzene rings is 4. The Morgan fingerprint density at radius 1 is 0.778 bits per heavy atom. The van der Waals surface area contributed by atoms with Crippen LogP contribution in [-0.2, 0) is 32.6 Å². The summed E-state index contributed by atoms with van der Waals surface area (Å²) in [5, 5.41) is 3.02. The van der Waals surface area contributed by atoms with E-state index in [1.165, 1.54) is 9.21 Å². The number of carbonyl (C=O) groups excluding carboxylic acids is 2. The smallest absolute Gasteiger partial charge is 0.264 e. The number of nitrogens with zero attached hydrogens (tertiary/aromatic N) is 2. The van der Waals surface area contributed by atoms with Gasteiger partial charge in [-0.3, -0.25) is 13.9 Å². The Morgan fingerprint density at radius 2 is 1.40 bits per heavy atom. The molecule has 1 unspecified atom stereocenters. The molecule has 236 valence electrons. The first-order valence-corrected chi connectivity index (χ1v) is 16.9. The molecule has 0 heterocycles. The summed E-state index contributed by atoms with van der Waals surface area (Å²) in [5.41, 5.74) is 4.97. The summed E-state index contributed by atoms with van der Waals surface area (Å²) in [4.78, 5) is 30.0. The van der Waals surface area contributed by atoms with Crippen LogP contribution >= 0.6 is 0 Å². The first-order valence-electron chi connectivity index (χ1n) is 15.4. The van der Waals surface area contributed by atoms with Crippen molar-refractivity contribution >= 4 is 27.5 Å². The van der Waals surface area contributed by atoms with Crippen LogP contribution in [0.4, 0.5) is 5.69 Å². The van der Waals surface area contributed by atoms with Crippen LogP contribution in [-0.4, -0.2) is 44.3 Å². The number of hydrogen-bond acceptors (Lipinski definition) is 4. The third-order valence-electron chi connectivity index (χ3n) is 7.96. The minimum absolute atomic E-state index is 0.0897. The summed E-state index contributed by atoms with van der Waals surface area (Å²) in [6.07, 6.45) is 2.01. The average Bonchev–Trinajstić information content (AvgIpc) is 3.04. The molecule has 0 saturated heterocycles. The van der Waals surface area contributed by atoms with Crippen molar-refractivity contribution in [2.24, 2.45) is 0 Å². The van der Waals surface area contributed by atoms with Gasteiger partial charge in [0, 0.05) is 19.5 Å². The number of aryl methyl sites for hydroxylation is 3. The monoisotopic (exact) mass is 625 g/mol. The number of carbonyl (C=O) groups is 2. The Hall–Kier alpha value is -4.43. The largest absolute Gasteiger partial charge is 0.354 e. The van der Waals surface area contributed by atoms with Crippen molar-refractivity contribution in [3.8, 4) is 0 Å². The first kappa shape index (κ1) is 33.5. The maximum atomic E-state index is 14.5. The van der Waals surface area contributed by atoms with Crippen LogP contribution in [0.3, 0.4) is 0 Å². The van der Waals surface area contributed by atoms with Crippen LogP contribution in [0.5, 0.6) is 0 Å². The zero-order valence-corrected chi connectivity index (χ0v) is 27.4. The molecule has 4 aromatic rings. The molecular formula is C37H43N3O4S. The number of nitrogens with one attached hydrogen (secondary N) is 1. The maximum Gasteiger partial charge on any atom is 0.264 e. The van der Waals surface area contributed by atoms with Crippen LogP contribution in [0.15, 0.2) is 108 Å². The third-order valence-corrected chi connectivity index (χ3v) is 9.75. The third kappa shape index (κ3) is 8.82. The fraction of sp³-hybridized carbons (Fsp3) is 0.297. The number of amides is 2. The highest BCUT2D eigenvalue weighted by Crippen LogP contribution is 2.27. The molecule has 2 amide bonds. The number of hydrogen-bond donors (Lipinski definition) is 1. The zero-order chi connectivity index (χ0) is 32.4. The minimum atomic E-state index is -4.14. The van der Waals surface area contributed by atoms with Crippen molar-refractivity contribution in [2.75, 3.05) is 17.4 Å². The molecule has 0 aromatic heterocycles. The highest BCUT2D eigenvalue weighted by atomic mass is 32.2. The first-order chi connectivity index (χ1) is 21.6. The second-order valence-electron chi connectivity index (χ2n) is 11.5. The summed E-state index contributed by atoms with van der Waals surface area (Å²) >= 11 is 0. The lowest BCUT2D eigenvalue weighted by Crippen LogP contribution is -2.53. The predicted octanol–water partition coefficient (Wildman–Crippen LogP) is 6.36. The Labute approximate surface area is 268 Å². The summed E-state index contributed by atoms with van der Waals surface area (Å²) in [6, 6.07) is 30.1. The Kier molecular flexibility index (Phi) is 11.5. The van der Waals surface area contributed by atoms with E-state index in [0.717, 1.165) is 40.7 Å². The van der Waals surface area contributed by atoms with E-state index >= 15 is 0 Å². The summed E-state index contributed by atoms with van der Waals surface area (Å²) in [7, 11) is -4.14. The molecule has 0 aliphatic heterocycles. The van der Waals surface area contributed by atoms with Gasteiger partial charge in [0.1, 0.15) is 12.6 Å². The molecule has 0 aliphatic carbocycles. The molecule has 1 atom stereocenters. The normalized spacial score (nSPS) is 11.9. The molecule has 1 N–H and O–H groups in total. The van der Waals surface area contributed by atoms with Gasteiger partial charge in [0.25, 0.3) is 10.0 Å². The van der Waals surface area contributed by atoms with E-state index < -0.39 is 28.5 Å². The molecule has 0 spiro atoms. The van der Waals surface area contributed by atoms with E-state index in [1.54, 1.807) is 36.4 Å². The molecule has 0 fully saturated rings. The Bertz CT molecular complexity index is 1670. The quantitative estimate of drug-likeness (QED) is 0.165. The van der Waals surface area contributed by atoms with Crippen LogP contribution in [0.25, 0.3) is 0 Å². The standard InChI is InChI=1S/C37H43N3O4S/c1-5-6-23-38-37(42)35(25-31-13-9-7-10-14-31)39(26-32-15-11-8-12-16-32)36(41)27-40(33-20-19-29(3)30(4)24-33)45(43,44)34-21-17-28(2)18-22-34/h7-22,24,35H,5-6,23,25-27H2,1-4H3,(H,38,42). The van der Waals surface area contributed by atoms with Gasteiger partial charge >= 0.3 is 0 Å². The number of rotatable bonds is 14. The second-order valence-corrected chi connectivity index (χ2v) is 13.3. The maximum absolute atomic E-state index is 14.5. The van der Waals surface area contributed by atoms with Gasteiger partial charge in [-0.2, -0.15) is 0 Å². The molecular weight excluding hydrogens is 582 g/mol. The second kappa shape index (κ2) is 15.5.